The third-order valence-electron chi connectivity index (χ3n) is 2.53. The SMILES string of the molecule is Cc1cccc(C(N)c2cc(Cl)c(Br)s2)c1I. The van der Waals surface area contributed by atoms with Gasteiger partial charge in [-0.05, 0) is 62.6 Å². The largest absolute Gasteiger partial charge is 0.320 e. The molecular formula is C12H10BrClINS. The van der Waals surface area contributed by atoms with Crippen LogP contribution >= 0.6 is 61.5 Å². The predicted octanol–water partition coefficient (Wildman–Crippen LogP) is 5.13. The third-order valence-corrected chi connectivity index (χ3v) is 6.56. The summed E-state index contributed by atoms with van der Waals surface area (Å²) >= 11 is 13.4. The minimum Gasteiger partial charge on any atom is -0.320 e. The van der Waals surface area contributed by atoms with Gasteiger partial charge in [0.25, 0.3) is 0 Å². The molecule has 1 unspecified atom stereocenters. The zero-order valence-electron chi connectivity index (χ0n) is 9.01. The van der Waals surface area contributed by atoms with Gasteiger partial charge in [0.15, 0.2) is 0 Å². The van der Waals surface area contributed by atoms with Gasteiger partial charge in [-0.1, -0.05) is 29.8 Å². The Morgan fingerprint density at radius 2 is 2.18 bits per heavy atom. The van der Waals surface area contributed by atoms with Crippen molar-refractivity contribution in [2.75, 3.05) is 0 Å². The van der Waals surface area contributed by atoms with Crippen molar-refractivity contribution in [1.29, 1.82) is 0 Å². The second kappa shape index (κ2) is 5.57. The van der Waals surface area contributed by atoms with Crippen molar-refractivity contribution in [2.24, 2.45) is 5.73 Å². The molecule has 2 rings (SSSR count). The van der Waals surface area contributed by atoms with Gasteiger partial charge in [-0.2, -0.15) is 0 Å². The van der Waals surface area contributed by atoms with Crippen LogP contribution in [-0.2, 0) is 0 Å². The van der Waals surface area contributed by atoms with Crippen molar-refractivity contribution < 1.29 is 0 Å². The molecule has 1 heterocycles. The van der Waals surface area contributed by atoms with Crippen LogP contribution in [-0.4, -0.2) is 0 Å². The Hall–Kier alpha value is 0.380. The van der Waals surface area contributed by atoms with E-state index in [0.717, 1.165) is 19.2 Å². The first-order chi connectivity index (χ1) is 8.00. The highest BCUT2D eigenvalue weighted by Gasteiger charge is 2.16. The molecular weight excluding hydrogens is 432 g/mol. The van der Waals surface area contributed by atoms with Crippen LogP contribution in [0.15, 0.2) is 28.1 Å². The van der Waals surface area contributed by atoms with Gasteiger partial charge in [0, 0.05) is 8.45 Å². The molecule has 5 heteroatoms. The quantitative estimate of drug-likeness (QED) is 0.642. The maximum Gasteiger partial charge on any atom is 0.0888 e. The number of hydrogen-bond donors (Lipinski definition) is 1. The monoisotopic (exact) mass is 441 g/mol. The summed E-state index contributed by atoms with van der Waals surface area (Å²) in [6, 6.07) is 8.02. The summed E-state index contributed by atoms with van der Waals surface area (Å²) in [5, 5.41) is 0.725. The molecule has 17 heavy (non-hydrogen) atoms. The van der Waals surface area contributed by atoms with Crippen LogP contribution in [0.2, 0.25) is 5.02 Å². The van der Waals surface area contributed by atoms with Crippen molar-refractivity contribution in [3.05, 3.63) is 52.6 Å². The van der Waals surface area contributed by atoms with Gasteiger partial charge >= 0.3 is 0 Å². The van der Waals surface area contributed by atoms with Crippen molar-refractivity contribution in [3.8, 4) is 0 Å². The average molecular weight is 443 g/mol. The molecule has 0 amide bonds. The number of aryl methyl sites for hydroxylation is 1. The summed E-state index contributed by atoms with van der Waals surface area (Å²) < 4.78 is 2.16. The van der Waals surface area contributed by atoms with Crippen LogP contribution in [0.1, 0.15) is 22.0 Å². The smallest absolute Gasteiger partial charge is 0.0888 e. The van der Waals surface area contributed by atoms with Gasteiger partial charge in [-0.3, -0.25) is 0 Å². The number of benzene rings is 1. The van der Waals surface area contributed by atoms with E-state index in [4.69, 9.17) is 17.3 Å². The van der Waals surface area contributed by atoms with Crippen molar-refractivity contribution in [3.63, 3.8) is 0 Å². The highest BCUT2D eigenvalue weighted by Crippen LogP contribution is 2.37. The van der Waals surface area contributed by atoms with Gasteiger partial charge in [-0.15, -0.1) is 11.3 Å². The van der Waals surface area contributed by atoms with Crippen molar-refractivity contribution in [2.45, 2.75) is 13.0 Å². The van der Waals surface area contributed by atoms with Crippen LogP contribution in [0.4, 0.5) is 0 Å². The lowest BCUT2D eigenvalue weighted by Gasteiger charge is -2.13. The van der Waals surface area contributed by atoms with Crippen LogP contribution in [0, 0.1) is 10.5 Å². The number of hydrogen-bond acceptors (Lipinski definition) is 2. The Morgan fingerprint density at radius 3 is 2.76 bits per heavy atom. The molecule has 0 saturated carbocycles. The Balaban J connectivity index is 2.43. The Morgan fingerprint density at radius 1 is 1.47 bits per heavy atom. The first-order valence-electron chi connectivity index (χ1n) is 4.96. The molecule has 0 aliphatic rings. The second-order valence-electron chi connectivity index (χ2n) is 3.73. The van der Waals surface area contributed by atoms with Gasteiger partial charge in [0.2, 0.25) is 0 Å². The maximum atomic E-state index is 6.29. The molecule has 2 aromatic rings. The minimum absolute atomic E-state index is 0.115. The molecule has 90 valence electrons. The fourth-order valence-corrected chi connectivity index (χ4v) is 4.04. The van der Waals surface area contributed by atoms with E-state index in [1.807, 2.05) is 12.1 Å². The third kappa shape index (κ3) is 2.87. The lowest BCUT2D eigenvalue weighted by Crippen LogP contribution is -2.12. The molecule has 1 nitrogen and oxygen atoms in total. The van der Waals surface area contributed by atoms with Gasteiger partial charge in [0.05, 0.1) is 14.9 Å². The summed E-state index contributed by atoms with van der Waals surface area (Å²) in [5.41, 5.74) is 8.69. The number of thiophene rings is 1. The van der Waals surface area contributed by atoms with Crippen molar-refractivity contribution in [1.82, 2.24) is 0 Å². The van der Waals surface area contributed by atoms with E-state index in [2.05, 4.69) is 57.6 Å². The minimum atomic E-state index is -0.115. The number of rotatable bonds is 2. The molecule has 2 N–H and O–H groups in total. The topological polar surface area (TPSA) is 26.0 Å². The zero-order valence-corrected chi connectivity index (χ0v) is 14.3. The number of halogens is 3. The predicted molar refractivity (Wildman–Crippen MR) is 87.0 cm³/mol. The first kappa shape index (κ1) is 13.8. The molecule has 0 fully saturated rings. The molecule has 1 aromatic heterocycles. The molecule has 1 atom stereocenters. The van der Waals surface area contributed by atoms with E-state index in [1.165, 1.54) is 9.13 Å². The van der Waals surface area contributed by atoms with E-state index in [1.54, 1.807) is 11.3 Å². The summed E-state index contributed by atoms with van der Waals surface area (Å²) in [4.78, 5) is 1.07. The molecule has 0 aliphatic heterocycles. The lowest BCUT2D eigenvalue weighted by atomic mass is 10.0. The Labute approximate surface area is 132 Å². The van der Waals surface area contributed by atoms with Crippen LogP contribution in [0.5, 0.6) is 0 Å². The van der Waals surface area contributed by atoms with Gasteiger partial charge < -0.3 is 5.73 Å². The van der Waals surface area contributed by atoms with E-state index >= 15 is 0 Å². The highest BCUT2D eigenvalue weighted by molar-refractivity contribution is 14.1. The molecule has 0 spiro atoms. The summed E-state index contributed by atoms with van der Waals surface area (Å²) in [7, 11) is 0. The number of nitrogens with two attached hydrogens (primary N) is 1. The van der Waals surface area contributed by atoms with Crippen LogP contribution in [0.3, 0.4) is 0 Å². The molecule has 0 aliphatic carbocycles. The molecule has 0 radical (unpaired) electrons. The summed E-state index contributed by atoms with van der Waals surface area (Å²) in [6.07, 6.45) is 0. The summed E-state index contributed by atoms with van der Waals surface area (Å²) in [6.45, 7) is 2.09. The first-order valence-corrected chi connectivity index (χ1v) is 8.02. The van der Waals surface area contributed by atoms with E-state index in [0.29, 0.717) is 0 Å². The van der Waals surface area contributed by atoms with E-state index < -0.39 is 0 Å². The molecule has 0 bridgehead atoms. The normalized spacial score (nSPS) is 12.8. The fourth-order valence-electron chi connectivity index (χ4n) is 1.58. The van der Waals surface area contributed by atoms with Crippen LogP contribution in [0.25, 0.3) is 0 Å². The maximum absolute atomic E-state index is 6.29. The lowest BCUT2D eigenvalue weighted by molar-refractivity contribution is 0.884. The zero-order chi connectivity index (χ0) is 12.6. The Bertz CT molecular complexity index is 536. The molecule has 0 saturated heterocycles. The van der Waals surface area contributed by atoms with E-state index in [-0.39, 0.29) is 6.04 Å². The second-order valence-corrected chi connectivity index (χ2v) is 7.61. The summed E-state index contributed by atoms with van der Waals surface area (Å²) in [5.74, 6) is 0. The molecule has 1 aromatic carbocycles. The van der Waals surface area contributed by atoms with Crippen LogP contribution < -0.4 is 5.73 Å². The van der Waals surface area contributed by atoms with Gasteiger partial charge in [0.1, 0.15) is 0 Å². The standard InChI is InChI=1S/C12H10BrClINS/c1-6-3-2-4-7(10(6)15)11(16)9-5-8(14)12(13)17-9/h2-5,11H,16H2,1H3. The Kier molecular flexibility index (Phi) is 4.52. The van der Waals surface area contributed by atoms with Crippen molar-refractivity contribution >= 4 is 61.5 Å². The van der Waals surface area contributed by atoms with E-state index in [9.17, 15) is 0 Å². The average Bonchev–Trinajstić information content (AvgIpc) is 2.62. The fraction of sp³-hybridized carbons (Fsp3) is 0.167. The highest BCUT2D eigenvalue weighted by atomic mass is 127. The van der Waals surface area contributed by atoms with Gasteiger partial charge in [-0.25, -0.2) is 0 Å².